The van der Waals surface area contributed by atoms with Crippen molar-refractivity contribution in [3.63, 3.8) is 0 Å². The summed E-state index contributed by atoms with van der Waals surface area (Å²) in [5.41, 5.74) is -4.28. The molecule has 144 valence electrons. The summed E-state index contributed by atoms with van der Waals surface area (Å²) < 4.78 is 63.5. The van der Waals surface area contributed by atoms with Crippen LogP contribution in [-0.4, -0.2) is 13.9 Å². The van der Waals surface area contributed by atoms with Crippen molar-refractivity contribution in [1.29, 1.82) is 0 Å². The van der Waals surface area contributed by atoms with Crippen LogP contribution in [-0.2, 0) is 16.5 Å². The number of fused-ring (bicyclic) bond motifs is 1. The Morgan fingerprint density at radius 2 is 1.50 bits per heavy atom. The van der Waals surface area contributed by atoms with Crippen molar-refractivity contribution in [1.82, 2.24) is 0 Å². The Bertz CT molecular complexity index is 830. The Labute approximate surface area is 152 Å². The van der Waals surface area contributed by atoms with Gasteiger partial charge in [0.25, 0.3) is 0 Å². The third-order valence-corrected chi connectivity index (χ3v) is 5.16. The molecule has 3 nitrogen and oxygen atoms in total. The second-order valence-electron chi connectivity index (χ2n) is 6.34. The van der Waals surface area contributed by atoms with E-state index >= 15 is 0 Å². The fourth-order valence-corrected chi connectivity index (χ4v) is 3.22. The van der Waals surface area contributed by atoms with Crippen molar-refractivity contribution in [2.45, 2.75) is 57.4 Å². The van der Waals surface area contributed by atoms with Gasteiger partial charge in [-0.3, -0.25) is 0 Å². The van der Waals surface area contributed by atoms with Crippen LogP contribution in [0.1, 0.15) is 51.0 Å². The Morgan fingerprint density at radius 3 is 2.19 bits per heavy atom. The summed E-state index contributed by atoms with van der Waals surface area (Å²) in [4.78, 5) is 0. The Kier molecular flexibility index (Phi) is 6.92. The van der Waals surface area contributed by atoms with Gasteiger partial charge in [0.2, 0.25) is 0 Å². The molecule has 2 rings (SSSR count). The van der Waals surface area contributed by atoms with Gasteiger partial charge in [-0.25, -0.2) is 0 Å². The van der Waals surface area contributed by atoms with Gasteiger partial charge in [0.1, 0.15) is 5.75 Å². The predicted octanol–water partition coefficient (Wildman–Crippen LogP) is 5.97. The Hall–Kier alpha value is -1.76. The zero-order valence-electron chi connectivity index (χ0n) is 14.7. The Morgan fingerprint density at radius 1 is 0.885 bits per heavy atom. The summed E-state index contributed by atoms with van der Waals surface area (Å²) in [5, 5.41) is 1.47. The van der Waals surface area contributed by atoms with Crippen molar-refractivity contribution in [2.75, 3.05) is 0 Å². The molecule has 0 atom stereocenters. The van der Waals surface area contributed by atoms with Crippen molar-refractivity contribution >= 4 is 20.9 Å². The zero-order chi connectivity index (χ0) is 19.2. The average Bonchev–Trinajstić information content (AvgIpc) is 2.56. The third-order valence-electron chi connectivity index (χ3n) is 4.18. The minimum absolute atomic E-state index is 0.349. The van der Waals surface area contributed by atoms with Gasteiger partial charge in [-0.05, 0) is 41.3 Å². The van der Waals surface area contributed by atoms with E-state index in [1.54, 1.807) is 12.1 Å². The van der Waals surface area contributed by atoms with Gasteiger partial charge < -0.3 is 4.18 Å². The fraction of sp³-hybridized carbons (Fsp3) is 0.474. The quantitative estimate of drug-likeness (QED) is 0.302. The second kappa shape index (κ2) is 8.75. The number of hydrogen-bond donors (Lipinski definition) is 0. The molecule has 0 radical (unpaired) electrons. The molecule has 0 aliphatic heterocycles. The largest absolute Gasteiger partial charge is 0.534 e. The van der Waals surface area contributed by atoms with Crippen LogP contribution in [0.2, 0.25) is 0 Å². The van der Waals surface area contributed by atoms with Gasteiger partial charge in [0.05, 0.1) is 0 Å². The highest BCUT2D eigenvalue weighted by atomic mass is 32.2. The molecule has 0 N–H and O–H groups in total. The monoisotopic (exact) mass is 388 g/mol. The van der Waals surface area contributed by atoms with Gasteiger partial charge in [-0.15, -0.1) is 0 Å². The van der Waals surface area contributed by atoms with Gasteiger partial charge in [0.15, 0.2) is 0 Å². The van der Waals surface area contributed by atoms with Crippen LogP contribution in [0.15, 0.2) is 36.4 Å². The average molecular weight is 388 g/mol. The molecule has 0 unspecified atom stereocenters. The number of hydrogen-bond acceptors (Lipinski definition) is 3. The lowest BCUT2D eigenvalue weighted by Crippen LogP contribution is -2.28. The maximum Gasteiger partial charge on any atom is 0.534 e. The van der Waals surface area contributed by atoms with E-state index < -0.39 is 15.6 Å². The number of aryl methyl sites for hydroxylation is 1. The lowest BCUT2D eigenvalue weighted by molar-refractivity contribution is -0.0500. The molecule has 7 heteroatoms. The lowest BCUT2D eigenvalue weighted by Gasteiger charge is -2.10. The van der Waals surface area contributed by atoms with Gasteiger partial charge >= 0.3 is 15.6 Å². The fourth-order valence-electron chi connectivity index (χ4n) is 2.76. The topological polar surface area (TPSA) is 43.4 Å². The molecule has 0 bridgehead atoms. The molecular formula is C19H23F3O3S. The molecule has 0 amide bonds. The van der Waals surface area contributed by atoms with Crippen LogP contribution in [0.5, 0.6) is 5.75 Å². The SMILES string of the molecule is CCCCCCCCc1ccc2cc(OS(=O)(=O)C(F)(F)F)ccc2c1. The van der Waals surface area contributed by atoms with E-state index in [0.717, 1.165) is 23.8 Å². The van der Waals surface area contributed by atoms with Gasteiger partial charge in [-0.2, -0.15) is 21.6 Å². The molecule has 0 aliphatic carbocycles. The molecule has 0 heterocycles. The summed E-state index contributed by atoms with van der Waals surface area (Å²) in [6, 6.07) is 9.77. The normalized spacial score (nSPS) is 12.5. The maximum absolute atomic E-state index is 12.4. The third kappa shape index (κ3) is 5.62. The Balaban J connectivity index is 2.01. The van der Waals surface area contributed by atoms with E-state index in [4.69, 9.17) is 0 Å². The maximum atomic E-state index is 12.4. The molecule has 0 saturated carbocycles. The van der Waals surface area contributed by atoms with Crippen LogP contribution in [0.25, 0.3) is 10.8 Å². The van der Waals surface area contributed by atoms with E-state index in [9.17, 15) is 21.6 Å². The van der Waals surface area contributed by atoms with Crippen LogP contribution in [0.3, 0.4) is 0 Å². The van der Waals surface area contributed by atoms with Crippen LogP contribution in [0.4, 0.5) is 13.2 Å². The molecule has 0 aliphatic rings. The summed E-state index contributed by atoms with van der Waals surface area (Å²) in [7, 11) is -5.65. The number of rotatable bonds is 9. The highest BCUT2D eigenvalue weighted by Gasteiger charge is 2.48. The first-order valence-corrected chi connectivity index (χ1v) is 10.2. The molecule has 26 heavy (non-hydrogen) atoms. The molecule has 0 saturated heterocycles. The molecule has 0 spiro atoms. The molecule has 2 aromatic rings. The van der Waals surface area contributed by atoms with Gasteiger partial charge in [-0.1, -0.05) is 63.3 Å². The van der Waals surface area contributed by atoms with Crippen molar-refractivity contribution in [3.05, 3.63) is 42.0 Å². The van der Waals surface area contributed by atoms with Crippen molar-refractivity contribution < 1.29 is 25.8 Å². The second-order valence-corrected chi connectivity index (χ2v) is 7.88. The van der Waals surface area contributed by atoms with E-state index in [-0.39, 0.29) is 5.75 Å². The van der Waals surface area contributed by atoms with Crippen LogP contribution < -0.4 is 4.18 Å². The first kappa shape index (κ1) is 20.6. The summed E-state index contributed by atoms with van der Waals surface area (Å²) in [6.07, 6.45) is 8.21. The number of halogens is 3. The minimum Gasteiger partial charge on any atom is -0.376 e. The van der Waals surface area contributed by atoms with E-state index in [2.05, 4.69) is 11.1 Å². The summed E-state index contributed by atoms with van der Waals surface area (Å²) in [6.45, 7) is 2.18. The summed E-state index contributed by atoms with van der Waals surface area (Å²) >= 11 is 0. The van der Waals surface area contributed by atoms with Crippen molar-refractivity contribution in [3.8, 4) is 5.75 Å². The van der Waals surface area contributed by atoms with Crippen molar-refractivity contribution in [2.24, 2.45) is 0 Å². The number of alkyl halides is 3. The molecule has 0 aromatic heterocycles. The van der Waals surface area contributed by atoms with Crippen LogP contribution in [0, 0.1) is 0 Å². The minimum atomic E-state index is -5.65. The summed E-state index contributed by atoms with van der Waals surface area (Å²) in [5.74, 6) is -0.349. The predicted molar refractivity (Wildman–Crippen MR) is 96.6 cm³/mol. The number of benzene rings is 2. The first-order valence-electron chi connectivity index (χ1n) is 8.76. The van der Waals surface area contributed by atoms with E-state index in [1.165, 1.54) is 44.2 Å². The van der Waals surface area contributed by atoms with Gasteiger partial charge in [0, 0.05) is 0 Å². The zero-order valence-corrected chi connectivity index (χ0v) is 15.5. The lowest BCUT2D eigenvalue weighted by atomic mass is 10.0. The number of unbranched alkanes of at least 4 members (excludes halogenated alkanes) is 5. The first-order chi connectivity index (χ1) is 12.2. The van der Waals surface area contributed by atoms with E-state index in [1.807, 2.05) is 12.1 Å². The highest BCUT2D eigenvalue weighted by Crippen LogP contribution is 2.29. The molecule has 0 fully saturated rings. The standard InChI is InChI=1S/C19H23F3O3S/c1-2-3-4-5-6-7-8-15-9-10-17-14-18(12-11-16(17)13-15)25-26(23,24)19(20,21)22/h9-14H,2-8H2,1H3. The van der Waals surface area contributed by atoms with Crippen LogP contribution >= 0.6 is 0 Å². The smallest absolute Gasteiger partial charge is 0.376 e. The van der Waals surface area contributed by atoms with E-state index in [0.29, 0.717) is 5.39 Å². The molecular weight excluding hydrogens is 365 g/mol. The highest BCUT2D eigenvalue weighted by molar-refractivity contribution is 7.88. The molecule has 2 aromatic carbocycles.